The van der Waals surface area contributed by atoms with Crippen LogP contribution in [0.2, 0.25) is 5.02 Å². The molecule has 2 N–H and O–H groups in total. The lowest BCUT2D eigenvalue weighted by Crippen LogP contribution is -2.33. The number of para-hydroxylation sites is 1. The molecule has 0 bridgehead atoms. The van der Waals surface area contributed by atoms with Gasteiger partial charge in [-0.3, -0.25) is 9.36 Å². The van der Waals surface area contributed by atoms with Gasteiger partial charge in [-0.25, -0.2) is 14.4 Å². The summed E-state index contributed by atoms with van der Waals surface area (Å²) in [6.07, 6.45) is 5.51. The third kappa shape index (κ3) is 3.31. The molecule has 2 aromatic carbocycles. The van der Waals surface area contributed by atoms with Gasteiger partial charge in [-0.2, -0.15) is 0 Å². The van der Waals surface area contributed by atoms with Crippen LogP contribution in [0.25, 0.3) is 16.6 Å². The van der Waals surface area contributed by atoms with Gasteiger partial charge in [0.2, 0.25) is 5.95 Å². The highest BCUT2D eigenvalue weighted by Gasteiger charge is 2.46. The summed E-state index contributed by atoms with van der Waals surface area (Å²) in [6, 6.07) is 10.7. The van der Waals surface area contributed by atoms with Crippen molar-refractivity contribution in [2.45, 2.75) is 31.7 Å². The number of nitrogens with zero attached hydrogens (tertiary/aromatic N) is 3. The fourth-order valence-corrected chi connectivity index (χ4v) is 5.07. The number of aryl methyl sites for hydroxylation is 1. The van der Waals surface area contributed by atoms with E-state index in [0.717, 1.165) is 18.8 Å². The third-order valence-electron chi connectivity index (χ3n) is 6.68. The molecule has 4 aromatic rings. The largest absolute Gasteiger partial charge is 0.324 e. The van der Waals surface area contributed by atoms with E-state index in [1.807, 2.05) is 6.92 Å². The molecular weight excluding hydrogens is 441 g/mol. The molecular formula is C25H21ClFN5O. The molecule has 3 heterocycles. The maximum Gasteiger partial charge on any atom is 0.266 e. The van der Waals surface area contributed by atoms with Gasteiger partial charge in [-0.15, -0.1) is 0 Å². The van der Waals surface area contributed by atoms with Crippen LogP contribution in [0.5, 0.6) is 0 Å². The van der Waals surface area contributed by atoms with Crippen LogP contribution < -0.4 is 16.2 Å². The van der Waals surface area contributed by atoms with Crippen LogP contribution in [0, 0.1) is 12.7 Å². The monoisotopic (exact) mass is 461 g/mol. The zero-order chi connectivity index (χ0) is 22.7. The van der Waals surface area contributed by atoms with Crippen LogP contribution in [-0.2, 0) is 12.0 Å². The zero-order valence-electron chi connectivity index (χ0n) is 18.0. The Morgan fingerprint density at radius 2 is 2.09 bits per heavy atom. The first-order valence-electron chi connectivity index (χ1n) is 10.9. The summed E-state index contributed by atoms with van der Waals surface area (Å²) < 4.78 is 15.7. The van der Waals surface area contributed by atoms with Crippen molar-refractivity contribution >= 4 is 34.1 Å². The highest BCUT2D eigenvalue weighted by atomic mass is 35.5. The predicted molar refractivity (Wildman–Crippen MR) is 127 cm³/mol. The number of pyridine rings is 1. The van der Waals surface area contributed by atoms with E-state index in [2.05, 4.69) is 38.8 Å². The maximum atomic E-state index is 14.4. The number of hydrogen-bond donors (Lipinski definition) is 2. The van der Waals surface area contributed by atoms with Gasteiger partial charge in [0, 0.05) is 36.6 Å². The molecule has 0 unspecified atom stereocenters. The molecule has 166 valence electrons. The van der Waals surface area contributed by atoms with Gasteiger partial charge < -0.3 is 10.6 Å². The van der Waals surface area contributed by atoms with E-state index < -0.39 is 11.4 Å². The zero-order valence-corrected chi connectivity index (χ0v) is 18.7. The van der Waals surface area contributed by atoms with Crippen LogP contribution in [0.3, 0.4) is 0 Å². The summed E-state index contributed by atoms with van der Waals surface area (Å²) >= 11 is 6.18. The summed E-state index contributed by atoms with van der Waals surface area (Å²) in [4.78, 5) is 22.1. The molecule has 2 aromatic heterocycles. The van der Waals surface area contributed by atoms with Crippen molar-refractivity contribution in [3.8, 4) is 5.69 Å². The average Bonchev–Trinajstić information content (AvgIpc) is 3.57. The summed E-state index contributed by atoms with van der Waals surface area (Å²) in [5, 5.41) is 7.24. The number of benzene rings is 2. The van der Waals surface area contributed by atoms with Crippen LogP contribution in [-0.4, -0.2) is 21.1 Å². The number of hydrogen-bond acceptors (Lipinski definition) is 5. The van der Waals surface area contributed by atoms with Crippen molar-refractivity contribution < 1.29 is 4.39 Å². The number of fused-ring (bicyclic) bond motifs is 3. The van der Waals surface area contributed by atoms with E-state index in [4.69, 9.17) is 11.6 Å². The molecule has 1 saturated carbocycles. The molecule has 1 spiro atoms. The fraction of sp³-hybridized carbons (Fsp3) is 0.240. The van der Waals surface area contributed by atoms with Gasteiger partial charge in [-0.1, -0.05) is 23.7 Å². The fourth-order valence-electron chi connectivity index (χ4n) is 4.82. The Balaban J connectivity index is 1.38. The maximum absolute atomic E-state index is 14.4. The Bertz CT molecular complexity index is 1470. The quantitative estimate of drug-likeness (QED) is 0.460. The smallest absolute Gasteiger partial charge is 0.266 e. The van der Waals surface area contributed by atoms with Crippen molar-refractivity contribution in [2.24, 2.45) is 0 Å². The lowest BCUT2D eigenvalue weighted by atomic mass is 9.88. The minimum Gasteiger partial charge on any atom is -0.324 e. The Kier molecular flexibility index (Phi) is 4.54. The molecule has 0 amide bonds. The second-order valence-corrected chi connectivity index (χ2v) is 9.30. The van der Waals surface area contributed by atoms with Gasteiger partial charge >= 0.3 is 0 Å². The minimum absolute atomic E-state index is 0.0208. The van der Waals surface area contributed by atoms with E-state index >= 15 is 0 Å². The van der Waals surface area contributed by atoms with E-state index in [1.165, 1.54) is 46.9 Å². The summed E-state index contributed by atoms with van der Waals surface area (Å²) in [7, 11) is 0. The van der Waals surface area contributed by atoms with E-state index in [0.29, 0.717) is 27.8 Å². The van der Waals surface area contributed by atoms with Gasteiger partial charge in [-0.05, 0) is 60.7 Å². The van der Waals surface area contributed by atoms with Gasteiger partial charge in [0.1, 0.15) is 11.5 Å². The second kappa shape index (κ2) is 7.37. The summed E-state index contributed by atoms with van der Waals surface area (Å²) in [5.74, 6) is -0.172. The molecule has 0 radical (unpaired) electrons. The van der Waals surface area contributed by atoms with E-state index in [1.54, 1.807) is 12.3 Å². The van der Waals surface area contributed by atoms with Gasteiger partial charge in [0.25, 0.3) is 5.56 Å². The highest BCUT2D eigenvalue weighted by Crippen LogP contribution is 2.50. The number of aromatic nitrogens is 3. The molecule has 8 heteroatoms. The molecule has 6 rings (SSSR count). The van der Waals surface area contributed by atoms with Crippen LogP contribution >= 0.6 is 11.6 Å². The number of rotatable bonds is 3. The van der Waals surface area contributed by atoms with Crippen molar-refractivity contribution in [1.82, 2.24) is 19.9 Å². The van der Waals surface area contributed by atoms with Crippen LogP contribution in [0.4, 0.5) is 16.0 Å². The van der Waals surface area contributed by atoms with Crippen molar-refractivity contribution in [3.63, 3.8) is 0 Å². The van der Waals surface area contributed by atoms with Gasteiger partial charge in [0.15, 0.2) is 0 Å². The molecule has 1 aliphatic heterocycles. The van der Waals surface area contributed by atoms with Crippen molar-refractivity contribution in [1.29, 1.82) is 0 Å². The molecule has 1 fully saturated rings. The van der Waals surface area contributed by atoms with E-state index in [-0.39, 0.29) is 10.7 Å². The summed E-state index contributed by atoms with van der Waals surface area (Å²) in [6.45, 7) is 3.72. The Morgan fingerprint density at radius 3 is 2.88 bits per heavy atom. The van der Waals surface area contributed by atoms with Crippen LogP contribution in [0.1, 0.15) is 29.5 Å². The third-order valence-corrected chi connectivity index (χ3v) is 6.98. The summed E-state index contributed by atoms with van der Waals surface area (Å²) in [5.41, 5.74) is 4.77. The number of halogens is 2. The lowest BCUT2D eigenvalue weighted by molar-refractivity contribution is 0.531. The first-order valence-corrected chi connectivity index (χ1v) is 11.3. The first-order chi connectivity index (χ1) is 15.9. The number of nitrogens with one attached hydrogen (secondary N) is 2. The lowest BCUT2D eigenvalue weighted by Gasteiger charge is -2.26. The normalized spacial score (nSPS) is 16.1. The Hall–Kier alpha value is -3.29. The van der Waals surface area contributed by atoms with Crippen molar-refractivity contribution in [3.05, 3.63) is 86.7 Å². The first kappa shape index (κ1) is 20.3. The highest BCUT2D eigenvalue weighted by molar-refractivity contribution is 6.32. The number of anilines is 2. The molecule has 1 aliphatic carbocycles. The average molecular weight is 462 g/mol. The topological polar surface area (TPSA) is 71.8 Å². The SMILES string of the molecule is Cc1cn(-c2c(F)cccc2Cl)c(=O)c2cnc(Nc3ccc4c(c3)CNCC43CC3)nc12. The van der Waals surface area contributed by atoms with E-state index in [9.17, 15) is 9.18 Å². The minimum atomic E-state index is -0.572. The Labute approximate surface area is 194 Å². The molecule has 33 heavy (non-hydrogen) atoms. The molecule has 2 aliphatic rings. The Morgan fingerprint density at radius 1 is 1.24 bits per heavy atom. The molecule has 0 saturated heterocycles. The van der Waals surface area contributed by atoms with Crippen molar-refractivity contribution in [2.75, 3.05) is 11.9 Å². The van der Waals surface area contributed by atoms with Gasteiger partial charge in [0.05, 0.1) is 15.9 Å². The molecule has 0 atom stereocenters. The standard InChI is InChI=1S/C25H21ClFN5O/c1-14-12-32(22-19(26)3-2-4-20(22)27)23(33)17-11-29-24(31-21(14)17)30-16-5-6-18-15(9-16)10-28-13-25(18)7-8-25/h2-6,9,11-12,28H,7-8,10,13H2,1H3,(H,29,30,31). The second-order valence-electron chi connectivity index (χ2n) is 8.89. The predicted octanol–water partition coefficient (Wildman–Crippen LogP) is 4.76. The van der Waals surface area contributed by atoms with Crippen LogP contribution in [0.15, 0.2) is 53.6 Å². The molecule has 6 nitrogen and oxygen atoms in total.